The molecule has 260 valence electrons. The van der Waals surface area contributed by atoms with E-state index in [1.54, 1.807) is 20.3 Å². The van der Waals surface area contributed by atoms with Gasteiger partial charge in [-0.05, 0) is 56.2 Å². The summed E-state index contributed by atoms with van der Waals surface area (Å²) in [6.45, 7) is 0. The molecule has 48 heavy (non-hydrogen) atoms. The number of aliphatic hydroxyl groups excluding tert-OH is 2. The molecule has 1 saturated carbocycles. The molecule has 0 amide bonds. The highest BCUT2D eigenvalue weighted by Crippen LogP contribution is 2.64. The molecule has 4 heterocycles. The number of aryl methyl sites for hydroxylation is 1. The van der Waals surface area contributed by atoms with Crippen LogP contribution in [-0.4, -0.2) is 94.7 Å². The van der Waals surface area contributed by atoms with Crippen LogP contribution in [0.25, 0.3) is 0 Å². The Labute approximate surface area is 275 Å². The standard InChI is InChI=1S/C33H40N2O13/c1-42-17-6-5-15-22-24(46-25(15)26(17)43-2)16-11-14-7-10-33(41)29(40)23(39)27(28(30(34)35)45-21(38)13-20(36)37)47-31(33)44-18(14)12-19(16)48-32(22)8-3-4-9-32/h5-6,11-12,22-24,27-31,39-41H,3-4,7-10,13,34-35H2,1-2H3,(H,36,37)/t22-,23+,24-,27-,28-,29-,31+,33+/m0/s1. The van der Waals surface area contributed by atoms with Gasteiger partial charge in [-0.1, -0.05) is 6.07 Å². The number of ether oxygens (including phenoxy) is 7. The van der Waals surface area contributed by atoms with Crippen LogP contribution in [0.2, 0.25) is 0 Å². The van der Waals surface area contributed by atoms with Crippen molar-refractivity contribution in [2.24, 2.45) is 11.5 Å². The molecule has 0 radical (unpaired) electrons. The van der Waals surface area contributed by atoms with Gasteiger partial charge in [0, 0.05) is 17.2 Å². The number of esters is 1. The number of aliphatic hydroxyl groups is 3. The molecule has 8 atom stereocenters. The second-order valence-corrected chi connectivity index (χ2v) is 13.2. The van der Waals surface area contributed by atoms with Gasteiger partial charge in [0.05, 0.1) is 26.3 Å². The average Bonchev–Trinajstić information content (AvgIpc) is 3.64. The lowest BCUT2D eigenvalue weighted by Crippen LogP contribution is -2.71. The molecule has 15 heteroatoms. The summed E-state index contributed by atoms with van der Waals surface area (Å²) in [6.07, 6.45) is -7.54. The second kappa shape index (κ2) is 11.9. The van der Waals surface area contributed by atoms with Crippen LogP contribution in [0.1, 0.15) is 67.2 Å². The molecule has 2 aromatic carbocycles. The van der Waals surface area contributed by atoms with E-state index in [9.17, 15) is 24.9 Å². The summed E-state index contributed by atoms with van der Waals surface area (Å²) < 4.78 is 42.3. The zero-order valence-electron chi connectivity index (χ0n) is 26.5. The van der Waals surface area contributed by atoms with Crippen molar-refractivity contribution in [2.45, 2.75) is 105 Å². The molecule has 8 N–H and O–H groups in total. The predicted octanol–water partition coefficient (Wildman–Crippen LogP) is 0.759. The van der Waals surface area contributed by atoms with Gasteiger partial charge in [-0.3, -0.25) is 9.59 Å². The summed E-state index contributed by atoms with van der Waals surface area (Å²) in [5.41, 5.74) is 11.4. The lowest BCUT2D eigenvalue weighted by atomic mass is 9.73. The normalized spacial score (nSPS) is 31.4. The van der Waals surface area contributed by atoms with Crippen molar-refractivity contribution >= 4 is 11.9 Å². The van der Waals surface area contributed by atoms with Crippen LogP contribution in [-0.2, 0) is 25.5 Å². The molecular weight excluding hydrogens is 632 g/mol. The molecule has 1 spiro atoms. The molecule has 0 unspecified atom stereocenters. The van der Waals surface area contributed by atoms with Crippen molar-refractivity contribution in [1.29, 1.82) is 0 Å². The Morgan fingerprint density at radius 1 is 1.02 bits per heavy atom. The number of carboxylic acid groups (broad SMARTS) is 1. The van der Waals surface area contributed by atoms with E-state index in [-0.39, 0.29) is 18.8 Å². The van der Waals surface area contributed by atoms with Crippen molar-refractivity contribution < 1.29 is 63.2 Å². The molecule has 1 saturated heterocycles. The van der Waals surface area contributed by atoms with Gasteiger partial charge in [-0.15, -0.1) is 0 Å². The minimum absolute atomic E-state index is 0.0858. The fourth-order valence-electron chi connectivity index (χ4n) is 8.11. The van der Waals surface area contributed by atoms with Gasteiger partial charge in [-0.2, -0.15) is 0 Å². The summed E-state index contributed by atoms with van der Waals surface area (Å²) in [5, 5.41) is 43.0. The summed E-state index contributed by atoms with van der Waals surface area (Å²) in [5.74, 6) is -0.233. The lowest BCUT2D eigenvalue weighted by molar-refractivity contribution is -0.329. The number of rotatable bonds is 7. The Kier molecular flexibility index (Phi) is 8.12. The molecule has 5 aliphatic rings. The number of carboxylic acids is 1. The van der Waals surface area contributed by atoms with Crippen LogP contribution < -0.4 is 35.2 Å². The first-order valence-corrected chi connectivity index (χ1v) is 16.0. The maximum Gasteiger partial charge on any atom is 0.317 e. The Morgan fingerprint density at radius 3 is 2.44 bits per heavy atom. The Balaban J connectivity index is 1.24. The van der Waals surface area contributed by atoms with Gasteiger partial charge in [0.15, 0.2) is 23.2 Å². The van der Waals surface area contributed by atoms with Gasteiger partial charge >= 0.3 is 11.9 Å². The van der Waals surface area contributed by atoms with Crippen LogP contribution in [0.3, 0.4) is 0 Å². The average molecular weight is 673 g/mol. The first kappa shape index (κ1) is 32.7. The maximum absolute atomic E-state index is 12.2. The minimum atomic E-state index is -2.11. The molecule has 4 aliphatic heterocycles. The third kappa shape index (κ3) is 5.02. The first-order chi connectivity index (χ1) is 22.9. The molecule has 0 bridgehead atoms. The molecule has 7 rings (SSSR count). The van der Waals surface area contributed by atoms with E-state index in [2.05, 4.69) is 0 Å². The Hall–Kier alpha value is -3.86. The summed E-state index contributed by atoms with van der Waals surface area (Å²) in [7, 11) is 3.14. The highest BCUT2D eigenvalue weighted by molar-refractivity contribution is 5.90. The lowest BCUT2D eigenvalue weighted by Gasteiger charge is -2.49. The number of aliphatic carboxylic acids is 1. The highest BCUT2D eigenvalue weighted by Gasteiger charge is 2.61. The Morgan fingerprint density at radius 2 is 1.77 bits per heavy atom. The van der Waals surface area contributed by atoms with E-state index in [0.29, 0.717) is 34.3 Å². The number of nitrogens with two attached hydrogens (primary N) is 2. The number of hydrogen-bond donors (Lipinski definition) is 6. The van der Waals surface area contributed by atoms with Crippen LogP contribution >= 0.6 is 0 Å². The van der Waals surface area contributed by atoms with Crippen molar-refractivity contribution in [3.63, 3.8) is 0 Å². The van der Waals surface area contributed by atoms with Crippen LogP contribution in [0.4, 0.5) is 0 Å². The van der Waals surface area contributed by atoms with Crippen molar-refractivity contribution in [2.75, 3.05) is 14.2 Å². The van der Waals surface area contributed by atoms with Crippen molar-refractivity contribution in [1.82, 2.24) is 0 Å². The molecule has 15 nitrogen and oxygen atoms in total. The van der Waals surface area contributed by atoms with Gasteiger partial charge in [0.2, 0.25) is 12.0 Å². The minimum Gasteiger partial charge on any atom is -0.493 e. The predicted molar refractivity (Wildman–Crippen MR) is 163 cm³/mol. The van der Waals surface area contributed by atoms with E-state index >= 15 is 0 Å². The van der Waals surface area contributed by atoms with Crippen LogP contribution in [0.5, 0.6) is 28.7 Å². The third-order valence-electron chi connectivity index (χ3n) is 10.4. The second-order valence-electron chi connectivity index (χ2n) is 13.2. The quantitative estimate of drug-likeness (QED) is 0.135. The van der Waals surface area contributed by atoms with Crippen molar-refractivity contribution in [3.05, 3.63) is 41.0 Å². The summed E-state index contributed by atoms with van der Waals surface area (Å²) >= 11 is 0. The van der Waals surface area contributed by atoms with Gasteiger partial charge in [0.1, 0.15) is 47.9 Å². The van der Waals surface area contributed by atoms with Gasteiger partial charge in [-0.25, -0.2) is 0 Å². The van der Waals surface area contributed by atoms with E-state index in [1.807, 2.05) is 18.2 Å². The van der Waals surface area contributed by atoms with E-state index in [4.69, 9.17) is 49.7 Å². The number of carbonyl (C=O) groups is 2. The topological polar surface area (TPSA) is 232 Å². The monoisotopic (exact) mass is 672 g/mol. The van der Waals surface area contributed by atoms with E-state index in [1.165, 1.54) is 0 Å². The SMILES string of the molecule is COc1ccc2c(c1OC)O[C@H]1c3cc4c(cc3OC3(CCCC3)[C@@H]21)O[C@@H]1O[C@H]([C@H](OC(=O)CC(=O)O)C(N)N)[C@@H](O)[C@H](O)[C@]1(O)CC4. The fourth-order valence-corrected chi connectivity index (χ4v) is 8.11. The van der Waals surface area contributed by atoms with Gasteiger partial charge in [0.25, 0.3) is 0 Å². The van der Waals surface area contributed by atoms with Crippen LogP contribution in [0, 0.1) is 0 Å². The Bertz CT molecular complexity index is 1610. The molecule has 2 aromatic rings. The molecular formula is C33H40N2O13. The highest BCUT2D eigenvalue weighted by atomic mass is 16.7. The van der Waals surface area contributed by atoms with Crippen LogP contribution in [0.15, 0.2) is 24.3 Å². The zero-order valence-corrected chi connectivity index (χ0v) is 26.5. The van der Waals surface area contributed by atoms with Crippen molar-refractivity contribution in [3.8, 4) is 28.7 Å². The number of methoxy groups -OCH3 is 2. The summed E-state index contributed by atoms with van der Waals surface area (Å²) in [4.78, 5) is 23.2. The van der Waals surface area contributed by atoms with E-state index in [0.717, 1.165) is 36.8 Å². The first-order valence-electron chi connectivity index (χ1n) is 16.0. The molecule has 0 aromatic heterocycles. The van der Waals surface area contributed by atoms with Gasteiger partial charge < -0.3 is 65.1 Å². The smallest absolute Gasteiger partial charge is 0.317 e. The zero-order chi connectivity index (χ0) is 34.1. The number of carbonyl (C=O) groups excluding carboxylic acids is 1. The number of hydrogen-bond acceptors (Lipinski definition) is 14. The molecule has 1 aliphatic carbocycles. The summed E-state index contributed by atoms with van der Waals surface area (Å²) in [6, 6.07) is 7.51. The largest absolute Gasteiger partial charge is 0.493 e. The molecule has 2 fully saturated rings. The maximum atomic E-state index is 12.2. The number of fused-ring (bicyclic) bond motifs is 8. The van der Waals surface area contributed by atoms with E-state index < -0.39 is 72.5 Å². The number of benzene rings is 2. The third-order valence-corrected chi connectivity index (χ3v) is 10.4. The fraction of sp³-hybridized carbons (Fsp3) is 0.576.